The summed E-state index contributed by atoms with van der Waals surface area (Å²) >= 11 is 0. The second-order valence-electron chi connectivity index (χ2n) is 4.92. The molecular formula is C14H24ClN3O2S. The molecule has 5 nitrogen and oxygen atoms in total. The van der Waals surface area contributed by atoms with E-state index in [9.17, 15) is 8.42 Å². The number of halogens is 1. The van der Waals surface area contributed by atoms with Crippen LogP contribution in [-0.2, 0) is 16.8 Å². The summed E-state index contributed by atoms with van der Waals surface area (Å²) in [6.07, 6.45) is 0.863. The van der Waals surface area contributed by atoms with Crippen LogP contribution in [0.2, 0.25) is 0 Å². The van der Waals surface area contributed by atoms with Gasteiger partial charge in [-0.05, 0) is 18.5 Å². The van der Waals surface area contributed by atoms with Crippen LogP contribution in [0.1, 0.15) is 18.9 Å². The third kappa shape index (κ3) is 4.93. The monoisotopic (exact) mass is 333 g/mol. The van der Waals surface area contributed by atoms with E-state index in [2.05, 4.69) is 5.32 Å². The lowest BCUT2D eigenvalue weighted by molar-refractivity contribution is 0.347. The summed E-state index contributed by atoms with van der Waals surface area (Å²) in [6.45, 7) is 5.56. The number of hydrogen-bond donors (Lipinski definition) is 1. The van der Waals surface area contributed by atoms with Crippen molar-refractivity contribution in [1.82, 2.24) is 13.9 Å². The summed E-state index contributed by atoms with van der Waals surface area (Å²) in [5.41, 5.74) is 1.02. The van der Waals surface area contributed by atoms with Crippen molar-refractivity contribution in [1.29, 1.82) is 0 Å². The molecule has 0 spiro atoms. The van der Waals surface area contributed by atoms with Gasteiger partial charge in [-0.3, -0.25) is 0 Å². The molecule has 7 heteroatoms. The van der Waals surface area contributed by atoms with Crippen molar-refractivity contribution in [2.75, 3.05) is 32.7 Å². The van der Waals surface area contributed by atoms with E-state index in [1.165, 1.54) is 0 Å². The topological polar surface area (TPSA) is 52.7 Å². The maximum Gasteiger partial charge on any atom is 0.282 e. The van der Waals surface area contributed by atoms with Gasteiger partial charge in [-0.1, -0.05) is 37.3 Å². The van der Waals surface area contributed by atoms with Crippen LogP contribution in [0.25, 0.3) is 0 Å². The van der Waals surface area contributed by atoms with Crippen LogP contribution in [0.15, 0.2) is 30.3 Å². The Morgan fingerprint density at radius 2 is 1.90 bits per heavy atom. The second kappa shape index (κ2) is 8.70. The number of nitrogens with zero attached hydrogens (tertiary/aromatic N) is 2. The highest BCUT2D eigenvalue weighted by Gasteiger charge is 2.28. The number of hydrogen-bond acceptors (Lipinski definition) is 3. The maximum atomic E-state index is 12.7. The molecule has 0 aliphatic carbocycles. The molecule has 1 aliphatic heterocycles. The summed E-state index contributed by atoms with van der Waals surface area (Å²) < 4.78 is 28.5. The molecule has 0 radical (unpaired) electrons. The predicted octanol–water partition coefficient (Wildman–Crippen LogP) is 1.47. The van der Waals surface area contributed by atoms with Crippen LogP contribution in [0.3, 0.4) is 0 Å². The van der Waals surface area contributed by atoms with Gasteiger partial charge in [0.15, 0.2) is 0 Å². The normalized spacial score (nSPS) is 17.2. The molecule has 0 atom stereocenters. The fourth-order valence-corrected chi connectivity index (χ4v) is 4.01. The molecule has 0 saturated carbocycles. The van der Waals surface area contributed by atoms with Crippen molar-refractivity contribution < 1.29 is 8.42 Å². The fourth-order valence-electron chi connectivity index (χ4n) is 2.36. The van der Waals surface area contributed by atoms with Crippen molar-refractivity contribution in [3.8, 4) is 0 Å². The average Bonchev–Trinajstić information content (AvgIpc) is 2.75. The zero-order valence-corrected chi connectivity index (χ0v) is 14.0. The van der Waals surface area contributed by atoms with Crippen LogP contribution >= 0.6 is 12.4 Å². The molecule has 0 aromatic heterocycles. The Morgan fingerprint density at radius 1 is 1.19 bits per heavy atom. The van der Waals surface area contributed by atoms with Crippen molar-refractivity contribution >= 4 is 22.6 Å². The molecule has 21 heavy (non-hydrogen) atoms. The molecule has 0 bridgehead atoms. The van der Waals surface area contributed by atoms with Crippen molar-refractivity contribution in [3.63, 3.8) is 0 Å². The maximum absolute atomic E-state index is 12.7. The van der Waals surface area contributed by atoms with Crippen molar-refractivity contribution in [2.24, 2.45) is 0 Å². The molecule has 1 saturated heterocycles. The Hall–Kier alpha value is -0.660. The standard InChI is InChI=1S/C14H23N3O2S.ClH/c1-2-16(13-14-7-4-3-5-8-14)20(18,19)17-11-6-9-15-10-12-17;/h3-5,7-8,15H,2,6,9-13H2,1H3;1H. The number of rotatable bonds is 5. The Bertz CT molecular complexity index is 502. The van der Waals surface area contributed by atoms with E-state index in [-0.39, 0.29) is 12.4 Å². The molecular weight excluding hydrogens is 310 g/mol. The number of nitrogens with one attached hydrogen (secondary N) is 1. The van der Waals surface area contributed by atoms with Gasteiger partial charge in [-0.15, -0.1) is 12.4 Å². The van der Waals surface area contributed by atoms with E-state index in [0.717, 1.165) is 25.1 Å². The van der Waals surface area contributed by atoms with Gasteiger partial charge in [0.25, 0.3) is 10.2 Å². The van der Waals surface area contributed by atoms with Gasteiger partial charge in [-0.25, -0.2) is 0 Å². The van der Waals surface area contributed by atoms with E-state index in [1.54, 1.807) is 8.61 Å². The lowest BCUT2D eigenvalue weighted by atomic mass is 10.2. The third-order valence-electron chi connectivity index (χ3n) is 3.51. The number of benzene rings is 1. The molecule has 0 unspecified atom stereocenters. The average molecular weight is 334 g/mol. The van der Waals surface area contributed by atoms with Crippen LogP contribution < -0.4 is 5.32 Å². The van der Waals surface area contributed by atoms with E-state index >= 15 is 0 Å². The zero-order chi connectivity index (χ0) is 14.4. The first-order chi connectivity index (χ1) is 9.64. The highest BCUT2D eigenvalue weighted by molar-refractivity contribution is 7.86. The largest absolute Gasteiger partial charge is 0.315 e. The molecule has 1 fully saturated rings. The first-order valence-corrected chi connectivity index (χ1v) is 8.54. The highest BCUT2D eigenvalue weighted by atomic mass is 35.5. The van der Waals surface area contributed by atoms with Crippen molar-refractivity contribution in [3.05, 3.63) is 35.9 Å². The van der Waals surface area contributed by atoms with Crippen molar-refractivity contribution in [2.45, 2.75) is 19.9 Å². The first-order valence-electron chi connectivity index (χ1n) is 7.14. The minimum absolute atomic E-state index is 0. The summed E-state index contributed by atoms with van der Waals surface area (Å²) in [6, 6.07) is 9.73. The van der Waals surface area contributed by atoms with Gasteiger partial charge in [0, 0.05) is 32.7 Å². The zero-order valence-electron chi connectivity index (χ0n) is 12.4. The van der Waals surface area contributed by atoms with Crippen LogP contribution in [0.5, 0.6) is 0 Å². The lowest BCUT2D eigenvalue weighted by Gasteiger charge is -2.28. The minimum Gasteiger partial charge on any atom is -0.315 e. The third-order valence-corrected chi connectivity index (χ3v) is 5.56. The molecule has 0 amide bonds. The lowest BCUT2D eigenvalue weighted by Crippen LogP contribution is -2.44. The van der Waals surface area contributed by atoms with E-state index in [1.807, 2.05) is 37.3 Å². The molecule has 1 aromatic carbocycles. The van der Waals surface area contributed by atoms with E-state index < -0.39 is 10.2 Å². The molecule has 1 aliphatic rings. The molecule has 1 aromatic rings. The van der Waals surface area contributed by atoms with E-state index in [0.29, 0.717) is 26.2 Å². The van der Waals surface area contributed by atoms with Gasteiger partial charge in [-0.2, -0.15) is 17.0 Å². The van der Waals surface area contributed by atoms with Gasteiger partial charge in [0.2, 0.25) is 0 Å². The second-order valence-corrected chi connectivity index (χ2v) is 6.85. The molecule has 120 valence electrons. The summed E-state index contributed by atoms with van der Waals surface area (Å²) in [5.74, 6) is 0. The van der Waals surface area contributed by atoms with Crippen LogP contribution in [0.4, 0.5) is 0 Å². The minimum atomic E-state index is -3.37. The first kappa shape index (κ1) is 18.4. The molecule has 1 N–H and O–H groups in total. The summed E-state index contributed by atoms with van der Waals surface area (Å²) in [4.78, 5) is 0. The molecule has 1 heterocycles. The van der Waals surface area contributed by atoms with Crippen LogP contribution in [0, 0.1) is 0 Å². The van der Waals surface area contributed by atoms with E-state index in [4.69, 9.17) is 0 Å². The summed E-state index contributed by atoms with van der Waals surface area (Å²) in [7, 11) is -3.37. The Morgan fingerprint density at radius 3 is 2.57 bits per heavy atom. The highest BCUT2D eigenvalue weighted by Crippen LogP contribution is 2.14. The molecule has 2 rings (SSSR count). The SMILES string of the molecule is CCN(Cc1ccccc1)S(=O)(=O)N1CCCNCC1.Cl. The van der Waals surface area contributed by atoms with Gasteiger partial charge >= 0.3 is 0 Å². The van der Waals surface area contributed by atoms with Gasteiger partial charge in [0.1, 0.15) is 0 Å². The summed E-state index contributed by atoms with van der Waals surface area (Å²) in [5, 5.41) is 3.23. The quantitative estimate of drug-likeness (QED) is 0.887. The predicted molar refractivity (Wildman–Crippen MR) is 87.8 cm³/mol. The smallest absolute Gasteiger partial charge is 0.282 e. The Balaban J connectivity index is 0.00000220. The van der Waals surface area contributed by atoms with Gasteiger partial charge in [0.05, 0.1) is 0 Å². The van der Waals surface area contributed by atoms with Crippen LogP contribution in [-0.4, -0.2) is 49.8 Å². The fraction of sp³-hybridized carbons (Fsp3) is 0.571. The van der Waals surface area contributed by atoms with Gasteiger partial charge < -0.3 is 5.32 Å². The Kier molecular flexibility index (Phi) is 7.62. The Labute approximate surface area is 133 Å².